The molecular weight excluding hydrogens is 657 g/mol. The second-order valence-corrected chi connectivity index (χ2v) is 15.4. The Morgan fingerprint density at radius 2 is 1.11 bits per heavy atom. The number of hydrogen-bond acceptors (Lipinski definition) is 7. The van der Waals surface area contributed by atoms with E-state index >= 15 is 0 Å². The minimum Gasteiger partial charge on any atom is -0.405 e. The van der Waals surface area contributed by atoms with Crippen LogP contribution in [0.25, 0.3) is 4.85 Å². The lowest BCUT2D eigenvalue weighted by Crippen LogP contribution is -2.41. The molecule has 0 bridgehead atoms. The summed E-state index contributed by atoms with van der Waals surface area (Å²) >= 11 is 3.32. The van der Waals surface area contributed by atoms with Gasteiger partial charge < -0.3 is 27.9 Å². The van der Waals surface area contributed by atoms with Crippen molar-refractivity contribution in [2.75, 3.05) is 0 Å². The summed E-state index contributed by atoms with van der Waals surface area (Å²) in [4.78, 5) is 3.46. The van der Waals surface area contributed by atoms with Crippen molar-refractivity contribution in [3.8, 4) is 6.07 Å². The van der Waals surface area contributed by atoms with Crippen LogP contribution in [0.4, 0.5) is 5.69 Å². The topological polar surface area (TPSA) is 83.5 Å². The van der Waals surface area contributed by atoms with Gasteiger partial charge in [0.15, 0.2) is 5.69 Å². The highest BCUT2D eigenvalue weighted by atomic mass is 79.9. The van der Waals surface area contributed by atoms with Gasteiger partial charge in [-0.15, -0.1) is 0 Å². The lowest BCUT2D eigenvalue weighted by Gasteiger charge is -2.32. The van der Waals surface area contributed by atoms with Gasteiger partial charge in [0.1, 0.15) is 0 Å². The van der Waals surface area contributed by atoms with Gasteiger partial charge in [0.05, 0.1) is 51.8 Å². The molecule has 3 aliphatic heterocycles. The van der Waals surface area contributed by atoms with Crippen molar-refractivity contribution < 1.29 is 27.9 Å². The van der Waals surface area contributed by atoms with E-state index in [2.05, 4.69) is 26.8 Å². The average molecular weight is 709 g/mol. The van der Waals surface area contributed by atoms with E-state index in [-0.39, 0.29) is 48.2 Å². The number of halogens is 1. The Kier molecular flexibility index (Phi) is 14.6. The highest BCUT2D eigenvalue weighted by Gasteiger charge is 2.51. The number of aryl methyl sites for hydroxylation is 2. The quantitative estimate of drug-likeness (QED) is 0.218. The molecule has 47 heavy (non-hydrogen) atoms. The zero-order valence-electron chi connectivity index (χ0n) is 29.9. The lowest BCUT2D eigenvalue weighted by atomic mass is 9.78. The third-order valence-electron chi connectivity index (χ3n) is 9.45. The van der Waals surface area contributed by atoms with E-state index in [0.717, 1.165) is 26.6 Å². The third-order valence-corrected chi connectivity index (χ3v) is 9.94. The first kappa shape index (κ1) is 42.9. The highest BCUT2D eigenvalue weighted by Crippen LogP contribution is 2.37. The molecule has 0 aliphatic carbocycles. The zero-order valence-corrected chi connectivity index (χ0v) is 31.5. The molecule has 0 amide bonds. The second kappa shape index (κ2) is 16.0. The normalized spacial score (nSPS) is 21.3. The van der Waals surface area contributed by atoms with Crippen LogP contribution in [0.2, 0.25) is 0 Å². The second-order valence-electron chi connectivity index (χ2n) is 14.5. The zero-order chi connectivity index (χ0) is 35.4. The van der Waals surface area contributed by atoms with Crippen LogP contribution in [0, 0.1) is 31.8 Å². The molecule has 0 saturated carbocycles. The standard InChI is InChI=1S/C14H18BNO2.C8H6BrN.2C6H12BO2.CH4/c1-10-9-11(7-8-12(10)16-6)15-17-13(2,3)14(4,5)18-15;1-6-4-8(9)3-2-7(6)5-10;2*1-5(2)6(3,4)9-7-8-5;/h7-9H,1-5H3;2-4H,1H3;2*1-4H3;1H4. The third kappa shape index (κ3) is 10.7. The monoisotopic (exact) mass is 708 g/mol. The summed E-state index contributed by atoms with van der Waals surface area (Å²) in [5.74, 6) is 0. The number of benzene rings is 2. The van der Waals surface area contributed by atoms with Crippen LogP contribution in [0.1, 0.15) is 107 Å². The fourth-order valence-electron chi connectivity index (χ4n) is 3.78. The Labute approximate surface area is 294 Å². The van der Waals surface area contributed by atoms with Gasteiger partial charge in [-0.05, 0) is 132 Å². The van der Waals surface area contributed by atoms with Crippen LogP contribution in [0.15, 0.2) is 40.9 Å². The van der Waals surface area contributed by atoms with Crippen molar-refractivity contribution in [1.29, 1.82) is 5.26 Å². The van der Waals surface area contributed by atoms with Gasteiger partial charge in [0.25, 0.3) is 0 Å². The van der Waals surface area contributed by atoms with Crippen molar-refractivity contribution in [3.05, 3.63) is 69.0 Å². The highest BCUT2D eigenvalue weighted by molar-refractivity contribution is 9.10. The summed E-state index contributed by atoms with van der Waals surface area (Å²) in [5.41, 5.74) is 2.94. The van der Waals surface area contributed by atoms with Crippen LogP contribution in [0.5, 0.6) is 0 Å². The molecule has 3 heterocycles. The minimum atomic E-state index is -0.353. The fraction of sp³-hybridized carbons (Fsp3) is 0.600. The van der Waals surface area contributed by atoms with E-state index in [4.69, 9.17) is 39.8 Å². The molecular formula is C35H52B3BrN2O6. The number of hydrogen-bond donors (Lipinski definition) is 0. The largest absolute Gasteiger partial charge is 0.494 e. The van der Waals surface area contributed by atoms with E-state index in [1.807, 2.05) is 127 Å². The van der Waals surface area contributed by atoms with Crippen LogP contribution in [-0.4, -0.2) is 56.1 Å². The van der Waals surface area contributed by atoms with E-state index in [1.54, 1.807) is 6.07 Å². The lowest BCUT2D eigenvalue weighted by molar-refractivity contribution is 0.00578. The van der Waals surface area contributed by atoms with Gasteiger partial charge in [0, 0.05) is 4.47 Å². The molecule has 2 aromatic carbocycles. The summed E-state index contributed by atoms with van der Waals surface area (Å²) in [6.45, 7) is 35.1. The van der Waals surface area contributed by atoms with Crippen LogP contribution in [0.3, 0.4) is 0 Å². The van der Waals surface area contributed by atoms with Crippen molar-refractivity contribution in [2.45, 2.75) is 138 Å². The molecule has 0 atom stereocenters. The molecule has 0 unspecified atom stereocenters. The molecule has 0 N–H and O–H groups in total. The van der Waals surface area contributed by atoms with Crippen molar-refractivity contribution in [3.63, 3.8) is 0 Å². The molecule has 3 aliphatic rings. The SMILES string of the molecule is C.CC1(C)O[B]OC1(C)C.CC1(C)O[B]OC1(C)C.Cc1cc(Br)ccc1C#N.[C-]#[N+]c1ccc(B2OC(C)(C)C(C)(C)O2)cc1C. The molecule has 5 rings (SSSR count). The molecule has 2 radical (unpaired) electrons. The smallest absolute Gasteiger partial charge is 0.405 e. The Morgan fingerprint density at radius 3 is 1.40 bits per heavy atom. The van der Waals surface area contributed by atoms with Gasteiger partial charge in [-0.3, -0.25) is 0 Å². The predicted octanol–water partition coefficient (Wildman–Crippen LogP) is 8.36. The number of nitriles is 1. The van der Waals surface area contributed by atoms with Gasteiger partial charge in [-0.25, -0.2) is 4.85 Å². The summed E-state index contributed by atoms with van der Waals surface area (Å²) in [6.07, 6.45) is 0. The Balaban J connectivity index is 0.000000329. The Hall–Kier alpha value is -2.15. The molecule has 0 spiro atoms. The summed E-state index contributed by atoms with van der Waals surface area (Å²) in [5, 5.41) is 8.54. The minimum absolute atomic E-state index is 0. The van der Waals surface area contributed by atoms with Gasteiger partial charge in [0.2, 0.25) is 0 Å². The first-order valence-corrected chi connectivity index (χ1v) is 16.1. The molecule has 254 valence electrons. The Bertz CT molecular complexity index is 1370. The molecule has 2 aromatic rings. The van der Waals surface area contributed by atoms with Gasteiger partial charge in [-0.2, -0.15) is 5.26 Å². The number of rotatable bonds is 1. The summed E-state index contributed by atoms with van der Waals surface area (Å²) in [7, 11) is 2.48. The number of nitrogens with zero attached hydrogens (tertiary/aromatic N) is 2. The van der Waals surface area contributed by atoms with Crippen molar-refractivity contribution in [1.82, 2.24) is 0 Å². The van der Waals surface area contributed by atoms with Crippen LogP contribution >= 0.6 is 15.9 Å². The van der Waals surface area contributed by atoms with Crippen LogP contribution < -0.4 is 5.46 Å². The first-order valence-electron chi connectivity index (χ1n) is 15.3. The molecule has 0 aromatic heterocycles. The van der Waals surface area contributed by atoms with E-state index in [0.29, 0.717) is 5.69 Å². The molecule has 3 saturated heterocycles. The van der Waals surface area contributed by atoms with Crippen molar-refractivity contribution >= 4 is 49.6 Å². The van der Waals surface area contributed by atoms with Crippen LogP contribution in [-0.2, 0) is 27.9 Å². The van der Waals surface area contributed by atoms with Gasteiger partial charge >= 0.3 is 22.5 Å². The van der Waals surface area contributed by atoms with E-state index in [1.165, 1.54) is 15.4 Å². The fourth-order valence-corrected chi connectivity index (χ4v) is 4.25. The average Bonchev–Trinajstić information content (AvgIpc) is 3.42. The van der Waals surface area contributed by atoms with Gasteiger partial charge in [-0.1, -0.05) is 41.6 Å². The van der Waals surface area contributed by atoms with Crippen molar-refractivity contribution in [2.24, 2.45) is 0 Å². The van der Waals surface area contributed by atoms with E-state index in [9.17, 15) is 0 Å². The predicted molar refractivity (Wildman–Crippen MR) is 196 cm³/mol. The first-order chi connectivity index (χ1) is 20.9. The molecule has 12 heteroatoms. The Morgan fingerprint density at radius 1 is 0.681 bits per heavy atom. The molecule has 3 fully saturated rings. The van der Waals surface area contributed by atoms with E-state index < -0.39 is 0 Å². The summed E-state index contributed by atoms with van der Waals surface area (Å²) in [6, 6.07) is 13.4. The summed E-state index contributed by atoms with van der Waals surface area (Å²) < 4.78 is 33.8. The maximum absolute atomic E-state index is 8.54. The molecule has 8 nitrogen and oxygen atoms in total. The maximum atomic E-state index is 8.54. The maximum Gasteiger partial charge on any atom is 0.494 e.